The lowest BCUT2D eigenvalue weighted by molar-refractivity contribution is -0.126. The summed E-state index contributed by atoms with van der Waals surface area (Å²) in [7, 11) is -3.23. The molecular weight excluding hydrogens is 358 g/mol. The maximum Gasteiger partial charge on any atom is 0.224 e. The van der Waals surface area contributed by atoms with E-state index in [1.54, 1.807) is 11.3 Å². The first-order chi connectivity index (χ1) is 11.9. The Morgan fingerprint density at radius 2 is 2.16 bits per heavy atom. The molecule has 0 radical (unpaired) electrons. The van der Waals surface area contributed by atoms with Gasteiger partial charge in [0.1, 0.15) is 0 Å². The molecule has 2 heterocycles. The van der Waals surface area contributed by atoms with E-state index in [2.05, 4.69) is 40.9 Å². The second-order valence-electron chi connectivity index (χ2n) is 6.50. The number of carbonyl (C=O) groups is 1. The minimum absolute atomic E-state index is 0.0410. The highest BCUT2D eigenvalue weighted by Gasteiger charge is 2.30. The highest BCUT2D eigenvalue weighted by molar-refractivity contribution is 7.88. The number of nitrogens with one attached hydrogen (secondary N) is 1. The van der Waals surface area contributed by atoms with Crippen molar-refractivity contribution in [2.24, 2.45) is 5.92 Å². The lowest BCUT2D eigenvalue weighted by atomic mass is 9.98. The average Bonchev–Trinajstić information content (AvgIpc) is 3.12. The highest BCUT2D eigenvalue weighted by atomic mass is 32.2. The number of rotatable bonds is 8. The van der Waals surface area contributed by atoms with Crippen LogP contribution >= 0.6 is 11.3 Å². The zero-order valence-electron chi connectivity index (χ0n) is 15.3. The van der Waals surface area contributed by atoms with Crippen LogP contribution in [-0.2, 0) is 14.8 Å². The van der Waals surface area contributed by atoms with E-state index in [1.807, 2.05) is 0 Å². The van der Waals surface area contributed by atoms with Gasteiger partial charge >= 0.3 is 0 Å². The fourth-order valence-corrected chi connectivity index (χ4v) is 5.00. The lowest BCUT2D eigenvalue weighted by Gasteiger charge is -2.32. The Kier molecular flexibility index (Phi) is 7.42. The van der Waals surface area contributed by atoms with Gasteiger partial charge in [0.25, 0.3) is 0 Å². The molecule has 2 atom stereocenters. The molecule has 0 aromatic carbocycles. The molecule has 1 aromatic rings. The number of nitrogens with zero attached hydrogens (tertiary/aromatic N) is 2. The van der Waals surface area contributed by atoms with Gasteiger partial charge in [-0.3, -0.25) is 9.69 Å². The molecule has 1 aliphatic rings. The lowest BCUT2D eigenvalue weighted by Crippen LogP contribution is -2.46. The molecule has 2 rings (SSSR count). The average molecular weight is 388 g/mol. The topological polar surface area (TPSA) is 69.7 Å². The third-order valence-electron chi connectivity index (χ3n) is 4.87. The molecule has 8 heteroatoms. The number of likely N-dealkylation sites (N-methyl/N-ethyl adjacent to an activating group) is 1. The van der Waals surface area contributed by atoms with Crippen molar-refractivity contribution in [1.29, 1.82) is 0 Å². The summed E-state index contributed by atoms with van der Waals surface area (Å²) >= 11 is 1.66. The molecule has 142 valence electrons. The Balaban J connectivity index is 1.99. The standard InChI is InChI=1S/C17H29N3O3S2/c1-4-19(5-2)16(15-8-10-24-13-15)11-18-17(21)14-7-6-9-20(12-14)25(3,22)23/h8,10,13-14,16H,4-7,9,11-12H2,1-3H3,(H,18,21)/t14-,16+/m0/s1. The van der Waals surface area contributed by atoms with Crippen molar-refractivity contribution in [2.45, 2.75) is 32.7 Å². The number of piperidine rings is 1. The predicted octanol–water partition coefficient (Wildman–Crippen LogP) is 1.92. The Hall–Kier alpha value is -0.960. The summed E-state index contributed by atoms with van der Waals surface area (Å²) < 4.78 is 24.9. The van der Waals surface area contributed by atoms with Crippen molar-refractivity contribution < 1.29 is 13.2 Å². The van der Waals surface area contributed by atoms with Crippen LogP contribution in [0.25, 0.3) is 0 Å². The van der Waals surface area contributed by atoms with Gasteiger partial charge in [-0.15, -0.1) is 0 Å². The number of sulfonamides is 1. The van der Waals surface area contributed by atoms with Crippen LogP contribution in [0.3, 0.4) is 0 Å². The van der Waals surface area contributed by atoms with Gasteiger partial charge in [0, 0.05) is 19.6 Å². The predicted molar refractivity (Wildman–Crippen MR) is 102 cm³/mol. The van der Waals surface area contributed by atoms with Crippen LogP contribution < -0.4 is 5.32 Å². The van der Waals surface area contributed by atoms with Crippen LogP contribution in [-0.4, -0.2) is 62.5 Å². The van der Waals surface area contributed by atoms with Crippen molar-refractivity contribution in [1.82, 2.24) is 14.5 Å². The van der Waals surface area contributed by atoms with Crippen LogP contribution in [0, 0.1) is 5.92 Å². The van der Waals surface area contributed by atoms with Crippen LogP contribution in [0.2, 0.25) is 0 Å². The van der Waals surface area contributed by atoms with Crippen molar-refractivity contribution in [2.75, 3.05) is 39.0 Å². The molecular formula is C17H29N3O3S2. The molecule has 6 nitrogen and oxygen atoms in total. The number of hydrogen-bond donors (Lipinski definition) is 1. The van der Waals surface area contributed by atoms with Gasteiger partial charge in [-0.2, -0.15) is 11.3 Å². The van der Waals surface area contributed by atoms with Gasteiger partial charge in [-0.1, -0.05) is 13.8 Å². The largest absolute Gasteiger partial charge is 0.354 e. The smallest absolute Gasteiger partial charge is 0.224 e. The molecule has 1 N–H and O–H groups in total. The minimum atomic E-state index is -3.23. The third-order valence-corrected chi connectivity index (χ3v) is 6.85. The van der Waals surface area contributed by atoms with E-state index in [9.17, 15) is 13.2 Å². The Labute approximate surface area is 155 Å². The Bertz CT molecular complexity index is 642. The monoisotopic (exact) mass is 387 g/mol. The van der Waals surface area contributed by atoms with E-state index in [4.69, 9.17) is 0 Å². The fraction of sp³-hybridized carbons (Fsp3) is 0.706. The number of hydrogen-bond acceptors (Lipinski definition) is 5. The first-order valence-electron chi connectivity index (χ1n) is 8.85. The SMILES string of the molecule is CCN(CC)[C@H](CNC(=O)[C@H]1CCCN(S(C)(=O)=O)C1)c1ccsc1. The van der Waals surface area contributed by atoms with Gasteiger partial charge in [0.05, 0.1) is 18.2 Å². The zero-order chi connectivity index (χ0) is 18.4. The second kappa shape index (κ2) is 9.12. The van der Waals surface area contributed by atoms with Crippen molar-refractivity contribution >= 4 is 27.3 Å². The van der Waals surface area contributed by atoms with Crippen LogP contribution in [0.4, 0.5) is 0 Å². The molecule has 1 saturated heterocycles. The first kappa shape index (κ1) is 20.4. The first-order valence-corrected chi connectivity index (χ1v) is 11.6. The summed E-state index contributed by atoms with van der Waals surface area (Å²) in [5.41, 5.74) is 1.22. The molecule has 0 unspecified atom stereocenters. The molecule has 0 aliphatic carbocycles. The van der Waals surface area contributed by atoms with Crippen molar-refractivity contribution in [3.8, 4) is 0 Å². The van der Waals surface area contributed by atoms with E-state index < -0.39 is 10.0 Å². The van der Waals surface area contributed by atoms with Crippen LogP contribution in [0.5, 0.6) is 0 Å². The van der Waals surface area contributed by atoms with Gasteiger partial charge in [0.2, 0.25) is 15.9 Å². The number of amides is 1. The molecule has 1 fully saturated rings. The summed E-state index contributed by atoms with van der Waals surface area (Å²) in [6, 6.07) is 2.26. The van der Waals surface area contributed by atoms with Crippen molar-refractivity contribution in [3.05, 3.63) is 22.4 Å². The van der Waals surface area contributed by atoms with Gasteiger partial charge in [-0.05, 0) is 48.3 Å². The van der Waals surface area contributed by atoms with Crippen LogP contribution in [0.1, 0.15) is 38.3 Å². The number of carbonyl (C=O) groups excluding carboxylic acids is 1. The summed E-state index contributed by atoms with van der Waals surface area (Å²) in [5, 5.41) is 7.24. The molecule has 1 aliphatic heterocycles. The molecule has 1 amide bonds. The van der Waals surface area contributed by atoms with E-state index in [-0.39, 0.29) is 17.9 Å². The minimum Gasteiger partial charge on any atom is -0.354 e. The summed E-state index contributed by atoms with van der Waals surface area (Å²) in [5.74, 6) is -0.302. The van der Waals surface area contributed by atoms with Gasteiger partial charge in [0.15, 0.2) is 0 Å². The third kappa shape index (κ3) is 5.51. The van der Waals surface area contributed by atoms with Gasteiger partial charge in [-0.25, -0.2) is 12.7 Å². The number of thiophene rings is 1. The van der Waals surface area contributed by atoms with Crippen LogP contribution in [0.15, 0.2) is 16.8 Å². The van der Waals surface area contributed by atoms with E-state index in [1.165, 1.54) is 16.1 Å². The maximum absolute atomic E-state index is 12.6. The quantitative estimate of drug-likeness (QED) is 0.740. The Morgan fingerprint density at radius 3 is 2.72 bits per heavy atom. The highest BCUT2D eigenvalue weighted by Crippen LogP contribution is 2.23. The maximum atomic E-state index is 12.6. The summed E-state index contributed by atoms with van der Waals surface area (Å²) in [4.78, 5) is 14.9. The van der Waals surface area contributed by atoms with E-state index in [0.29, 0.717) is 19.6 Å². The van der Waals surface area contributed by atoms with Crippen molar-refractivity contribution in [3.63, 3.8) is 0 Å². The molecule has 1 aromatic heterocycles. The zero-order valence-corrected chi connectivity index (χ0v) is 16.9. The Morgan fingerprint density at radius 1 is 1.44 bits per heavy atom. The summed E-state index contributed by atoms with van der Waals surface area (Å²) in [6.07, 6.45) is 2.68. The normalized spacial score (nSPS) is 20.6. The fourth-order valence-electron chi connectivity index (χ4n) is 3.39. The van der Waals surface area contributed by atoms with E-state index in [0.717, 1.165) is 25.9 Å². The molecule has 25 heavy (non-hydrogen) atoms. The van der Waals surface area contributed by atoms with Gasteiger partial charge < -0.3 is 5.32 Å². The molecule has 0 saturated carbocycles. The second-order valence-corrected chi connectivity index (χ2v) is 9.26. The molecule has 0 spiro atoms. The summed E-state index contributed by atoms with van der Waals surface area (Å²) in [6.45, 7) is 7.42. The molecule has 0 bridgehead atoms. The van der Waals surface area contributed by atoms with E-state index >= 15 is 0 Å².